The van der Waals surface area contributed by atoms with Gasteiger partial charge in [0.1, 0.15) is 0 Å². The van der Waals surface area contributed by atoms with E-state index in [0.717, 1.165) is 65.4 Å². The van der Waals surface area contributed by atoms with Crippen molar-refractivity contribution in [2.75, 3.05) is 52.4 Å². The highest BCUT2D eigenvalue weighted by Crippen LogP contribution is 2.04. The summed E-state index contributed by atoms with van der Waals surface area (Å²) in [4.78, 5) is 4.89. The van der Waals surface area contributed by atoms with Crippen LogP contribution in [0.2, 0.25) is 0 Å². The minimum atomic E-state index is 0.955. The van der Waals surface area contributed by atoms with Crippen LogP contribution in [0.25, 0.3) is 0 Å². The van der Waals surface area contributed by atoms with E-state index in [0.29, 0.717) is 0 Å². The molecule has 0 fully saturated rings. The average Bonchev–Trinajstić information content (AvgIpc) is 2.63. The smallest absolute Gasteiger partial charge is 0.0206 e. The Morgan fingerprint density at radius 2 is 0.958 bits per heavy atom. The third-order valence-corrected chi connectivity index (χ3v) is 4.68. The third-order valence-electron chi connectivity index (χ3n) is 4.68. The summed E-state index contributed by atoms with van der Waals surface area (Å²) in [5.74, 6) is 0. The van der Waals surface area contributed by atoms with Crippen LogP contribution < -0.4 is 10.6 Å². The van der Waals surface area contributed by atoms with Crippen LogP contribution in [0.3, 0.4) is 0 Å². The summed E-state index contributed by atoms with van der Waals surface area (Å²) < 4.78 is 0. The lowest BCUT2D eigenvalue weighted by atomic mass is 10.1. The van der Waals surface area contributed by atoms with Crippen LogP contribution in [0.4, 0.5) is 0 Å². The molecule has 0 heterocycles. The van der Waals surface area contributed by atoms with Gasteiger partial charge in [-0.2, -0.15) is 0 Å². The van der Waals surface area contributed by atoms with Crippen LogP contribution >= 0.6 is 0 Å². The molecule has 0 atom stereocenters. The maximum Gasteiger partial charge on any atom is 0.0206 e. The molecule has 0 bridgehead atoms. The van der Waals surface area contributed by atoms with E-state index in [-0.39, 0.29) is 0 Å². The van der Waals surface area contributed by atoms with Gasteiger partial charge in [0.25, 0.3) is 0 Å². The molecule has 0 unspecified atom stereocenters. The molecule has 2 N–H and O–H groups in total. The lowest BCUT2D eigenvalue weighted by molar-refractivity contribution is 0.302. The number of hydrogen-bond donors (Lipinski definition) is 2. The zero-order valence-corrected chi connectivity index (χ0v) is 16.3. The van der Waals surface area contributed by atoms with E-state index < -0.39 is 0 Å². The molecule has 1 aromatic rings. The zero-order valence-electron chi connectivity index (χ0n) is 16.3. The van der Waals surface area contributed by atoms with Crippen LogP contribution in [0, 0.1) is 0 Å². The van der Waals surface area contributed by atoms with Gasteiger partial charge in [-0.05, 0) is 37.3 Å². The van der Waals surface area contributed by atoms with Crippen molar-refractivity contribution in [1.82, 2.24) is 20.4 Å². The summed E-state index contributed by atoms with van der Waals surface area (Å²) in [6.45, 7) is 19.7. The molecule has 0 amide bonds. The second kappa shape index (κ2) is 13.4. The Morgan fingerprint density at radius 1 is 0.625 bits per heavy atom. The average molecular weight is 335 g/mol. The van der Waals surface area contributed by atoms with E-state index in [9.17, 15) is 0 Å². The zero-order chi connectivity index (χ0) is 17.6. The minimum Gasteiger partial charge on any atom is -0.311 e. The molecule has 1 rings (SSSR count). The summed E-state index contributed by atoms with van der Waals surface area (Å²) >= 11 is 0. The van der Waals surface area contributed by atoms with Crippen molar-refractivity contribution in [1.29, 1.82) is 0 Å². The number of likely N-dealkylation sites (N-methyl/N-ethyl adjacent to an activating group) is 2. The maximum absolute atomic E-state index is 3.54. The highest BCUT2D eigenvalue weighted by atomic mass is 15.1. The molecular formula is C20H38N4. The van der Waals surface area contributed by atoms with Gasteiger partial charge >= 0.3 is 0 Å². The van der Waals surface area contributed by atoms with Gasteiger partial charge in [0.2, 0.25) is 0 Å². The number of nitrogens with zero attached hydrogens (tertiary/aromatic N) is 2. The molecule has 0 radical (unpaired) electrons. The first-order chi connectivity index (χ1) is 11.7. The number of benzene rings is 1. The molecule has 0 saturated carbocycles. The number of hydrogen-bond acceptors (Lipinski definition) is 4. The molecular weight excluding hydrogens is 296 g/mol. The van der Waals surface area contributed by atoms with Gasteiger partial charge in [0.15, 0.2) is 0 Å². The molecule has 1 aromatic carbocycles. The van der Waals surface area contributed by atoms with Crippen molar-refractivity contribution in [2.45, 2.75) is 40.8 Å². The van der Waals surface area contributed by atoms with E-state index in [1.165, 1.54) is 11.1 Å². The predicted octanol–water partition coefficient (Wildman–Crippen LogP) is 2.55. The minimum absolute atomic E-state index is 0.955. The fraction of sp³-hybridized carbons (Fsp3) is 0.700. The van der Waals surface area contributed by atoms with Gasteiger partial charge < -0.3 is 20.4 Å². The normalized spacial score (nSPS) is 11.6. The summed E-state index contributed by atoms with van der Waals surface area (Å²) in [7, 11) is 0. The molecule has 24 heavy (non-hydrogen) atoms. The van der Waals surface area contributed by atoms with Crippen LogP contribution in [0.1, 0.15) is 38.8 Å². The Balaban J connectivity index is 2.18. The highest BCUT2D eigenvalue weighted by molar-refractivity contribution is 5.22. The van der Waals surface area contributed by atoms with Gasteiger partial charge in [0, 0.05) is 39.3 Å². The van der Waals surface area contributed by atoms with E-state index >= 15 is 0 Å². The SMILES string of the molecule is CCN(CC)CCNCc1ccc(CNCCN(CC)CC)cc1. The standard InChI is InChI=1S/C20H38N4/c1-5-23(6-2)15-13-21-17-19-9-11-20(12-10-19)18-22-14-16-24(7-3)8-4/h9-12,21-22H,5-8,13-18H2,1-4H3. The summed E-state index contributed by atoms with van der Waals surface area (Å²) in [6, 6.07) is 8.97. The fourth-order valence-electron chi connectivity index (χ4n) is 2.79. The topological polar surface area (TPSA) is 30.5 Å². The molecule has 0 aromatic heterocycles. The van der Waals surface area contributed by atoms with Crippen molar-refractivity contribution in [3.63, 3.8) is 0 Å². The second-order valence-corrected chi connectivity index (χ2v) is 6.22. The van der Waals surface area contributed by atoms with Crippen LogP contribution in [0.5, 0.6) is 0 Å². The first-order valence-corrected chi connectivity index (χ1v) is 9.67. The van der Waals surface area contributed by atoms with Gasteiger partial charge in [-0.1, -0.05) is 52.0 Å². The second-order valence-electron chi connectivity index (χ2n) is 6.22. The Labute approximate surface area is 149 Å². The first-order valence-electron chi connectivity index (χ1n) is 9.67. The largest absolute Gasteiger partial charge is 0.311 e. The van der Waals surface area contributed by atoms with Crippen LogP contribution in [-0.4, -0.2) is 62.2 Å². The van der Waals surface area contributed by atoms with Crippen LogP contribution in [-0.2, 0) is 13.1 Å². The fourth-order valence-corrected chi connectivity index (χ4v) is 2.79. The summed E-state index contributed by atoms with van der Waals surface area (Å²) in [6.07, 6.45) is 0. The lowest BCUT2D eigenvalue weighted by Gasteiger charge is -2.18. The van der Waals surface area contributed by atoms with Crippen molar-refractivity contribution in [2.24, 2.45) is 0 Å². The predicted molar refractivity (Wildman–Crippen MR) is 105 cm³/mol. The molecule has 138 valence electrons. The Bertz CT molecular complexity index is 358. The van der Waals surface area contributed by atoms with Crippen molar-refractivity contribution in [3.8, 4) is 0 Å². The maximum atomic E-state index is 3.54. The lowest BCUT2D eigenvalue weighted by Crippen LogP contribution is -2.31. The Hall–Kier alpha value is -0.940. The summed E-state index contributed by atoms with van der Waals surface area (Å²) in [5, 5.41) is 7.07. The molecule has 0 aliphatic rings. The molecule has 0 aliphatic carbocycles. The van der Waals surface area contributed by atoms with Crippen LogP contribution in [0.15, 0.2) is 24.3 Å². The van der Waals surface area contributed by atoms with E-state index in [1.807, 2.05) is 0 Å². The molecule has 0 aliphatic heterocycles. The number of nitrogens with one attached hydrogen (secondary N) is 2. The van der Waals surface area contributed by atoms with E-state index in [1.54, 1.807) is 0 Å². The highest BCUT2D eigenvalue weighted by Gasteiger charge is 2.00. The molecule has 0 saturated heterocycles. The molecule has 4 nitrogen and oxygen atoms in total. The molecule has 4 heteroatoms. The third kappa shape index (κ3) is 8.78. The first kappa shape index (κ1) is 21.1. The Morgan fingerprint density at radius 3 is 1.25 bits per heavy atom. The molecule has 0 spiro atoms. The number of rotatable bonds is 14. The van der Waals surface area contributed by atoms with E-state index in [4.69, 9.17) is 0 Å². The van der Waals surface area contributed by atoms with Gasteiger partial charge in [-0.3, -0.25) is 0 Å². The van der Waals surface area contributed by atoms with Gasteiger partial charge in [-0.15, -0.1) is 0 Å². The van der Waals surface area contributed by atoms with Crippen molar-refractivity contribution < 1.29 is 0 Å². The van der Waals surface area contributed by atoms with Crippen molar-refractivity contribution >= 4 is 0 Å². The van der Waals surface area contributed by atoms with Gasteiger partial charge in [0.05, 0.1) is 0 Å². The van der Waals surface area contributed by atoms with E-state index in [2.05, 4.69) is 72.4 Å². The quantitative estimate of drug-likeness (QED) is 0.512. The Kier molecular flexibility index (Phi) is 11.7. The monoisotopic (exact) mass is 334 g/mol. The summed E-state index contributed by atoms with van der Waals surface area (Å²) in [5.41, 5.74) is 2.72. The van der Waals surface area contributed by atoms with Crippen molar-refractivity contribution in [3.05, 3.63) is 35.4 Å². The van der Waals surface area contributed by atoms with Gasteiger partial charge in [-0.25, -0.2) is 0 Å².